The second-order valence-corrected chi connectivity index (χ2v) is 4.80. The molecule has 108 valence electrons. The lowest BCUT2D eigenvalue weighted by atomic mass is 10.0. The largest absolute Gasteiger partial charge is 0.489 e. The molecule has 0 heterocycles. The predicted octanol–water partition coefficient (Wildman–Crippen LogP) is 3.47. The maximum absolute atomic E-state index is 11.5. The Labute approximate surface area is 123 Å². The first-order valence-electron chi connectivity index (χ1n) is 6.54. The van der Waals surface area contributed by atoms with Gasteiger partial charge in [0.05, 0.1) is 5.56 Å². The van der Waals surface area contributed by atoms with Gasteiger partial charge in [-0.2, -0.15) is 0 Å². The van der Waals surface area contributed by atoms with Gasteiger partial charge in [-0.05, 0) is 37.1 Å². The molecular formula is C17H16O4. The number of rotatable bonds is 5. The van der Waals surface area contributed by atoms with Crippen molar-refractivity contribution in [1.29, 1.82) is 0 Å². The molecule has 0 aliphatic carbocycles. The predicted molar refractivity (Wildman–Crippen MR) is 78.9 cm³/mol. The van der Waals surface area contributed by atoms with Crippen LogP contribution in [0.25, 0.3) is 0 Å². The van der Waals surface area contributed by atoms with Crippen LogP contribution in [-0.2, 0) is 6.61 Å². The number of ether oxygens (including phenoxy) is 1. The van der Waals surface area contributed by atoms with Crippen LogP contribution < -0.4 is 4.74 Å². The molecule has 0 fully saturated rings. The molecule has 0 saturated heterocycles. The van der Waals surface area contributed by atoms with Crippen LogP contribution in [0.1, 0.15) is 38.8 Å². The molecule has 0 unspecified atom stereocenters. The van der Waals surface area contributed by atoms with Crippen molar-refractivity contribution in [2.75, 3.05) is 0 Å². The lowest BCUT2D eigenvalue weighted by Crippen LogP contribution is -2.08. The molecule has 0 bridgehead atoms. The SMILES string of the molecule is CC(=O)c1cc(C)c(OCc2ccccc2)cc1C(=O)O. The van der Waals surface area contributed by atoms with Gasteiger partial charge in [0.25, 0.3) is 0 Å². The molecule has 2 rings (SSSR count). The fraction of sp³-hybridized carbons (Fsp3) is 0.176. The van der Waals surface area contributed by atoms with Crippen molar-refractivity contribution in [3.05, 3.63) is 64.7 Å². The van der Waals surface area contributed by atoms with E-state index in [1.165, 1.54) is 13.0 Å². The van der Waals surface area contributed by atoms with Crippen LogP contribution in [0.5, 0.6) is 5.75 Å². The summed E-state index contributed by atoms with van der Waals surface area (Å²) >= 11 is 0. The summed E-state index contributed by atoms with van der Waals surface area (Å²) in [5.74, 6) is -0.934. The van der Waals surface area contributed by atoms with Crippen molar-refractivity contribution in [2.45, 2.75) is 20.5 Å². The number of benzene rings is 2. The number of aromatic carboxylic acids is 1. The average molecular weight is 284 g/mol. The van der Waals surface area contributed by atoms with Gasteiger partial charge in [-0.3, -0.25) is 4.79 Å². The van der Waals surface area contributed by atoms with Gasteiger partial charge in [0, 0.05) is 5.56 Å². The average Bonchev–Trinajstić information content (AvgIpc) is 2.46. The summed E-state index contributed by atoms with van der Waals surface area (Å²) in [5, 5.41) is 9.21. The lowest BCUT2D eigenvalue weighted by molar-refractivity contribution is 0.0691. The number of hydrogen-bond acceptors (Lipinski definition) is 3. The van der Waals surface area contributed by atoms with E-state index >= 15 is 0 Å². The van der Waals surface area contributed by atoms with Crippen molar-refractivity contribution in [1.82, 2.24) is 0 Å². The van der Waals surface area contributed by atoms with E-state index < -0.39 is 5.97 Å². The molecule has 2 aromatic carbocycles. The van der Waals surface area contributed by atoms with E-state index in [1.807, 2.05) is 30.3 Å². The molecule has 0 amide bonds. The van der Waals surface area contributed by atoms with E-state index in [0.717, 1.165) is 11.1 Å². The monoisotopic (exact) mass is 284 g/mol. The smallest absolute Gasteiger partial charge is 0.336 e. The van der Waals surface area contributed by atoms with Crippen LogP contribution in [0, 0.1) is 6.92 Å². The topological polar surface area (TPSA) is 63.6 Å². The van der Waals surface area contributed by atoms with Gasteiger partial charge < -0.3 is 9.84 Å². The van der Waals surface area contributed by atoms with Gasteiger partial charge >= 0.3 is 5.97 Å². The normalized spacial score (nSPS) is 10.2. The number of carboxylic acid groups (broad SMARTS) is 1. The fourth-order valence-corrected chi connectivity index (χ4v) is 2.05. The minimum atomic E-state index is -1.13. The first kappa shape index (κ1) is 14.8. The number of Topliss-reactive ketones (excluding diaryl/α,β-unsaturated/α-hetero) is 1. The molecule has 0 saturated carbocycles. The van der Waals surface area contributed by atoms with Gasteiger partial charge in [0.1, 0.15) is 12.4 Å². The molecule has 0 aliphatic heterocycles. The second kappa shape index (κ2) is 6.22. The number of carbonyl (C=O) groups is 2. The number of aryl methyl sites for hydroxylation is 1. The first-order valence-corrected chi connectivity index (χ1v) is 6.54. The lowest BCUT2D eigenvalue weighted by Gasteiger charge is -2.12. The molecule has 0 aliphatic rings. The van der Waals surface area contributed by atoms with E-state index in [4.69, 9.17) is 4.74 Å². The molecule has 0 aromatic heterocycles. The number of ketones is 1. The van der Waals surface area contributed by atoms with Crippen LogP contribution >= 0.6 is 0 Å². The third-order valence-electron chi connectivity index (χ3n) is 3.16. The standard InChI is InChI=1S/C17H16O4/c1-11-8-14(12(2)18)15(17(19)20)9-16(11)21-10-13-6-4-3-5-7-13/h3-9H,10H2,1-2H3,(H,19,20). The Balaban J connectivity index is 2.30. The van der Waals surface area contributed by atoms with Crippen LogP contribution in [0.15, 0.2) is 42.5 Å². The fourth-order valence-electron chi connectivity index (χ4n) is 2.05. The quantitative estimate of drug-likeness (QED) is 0.854. The summed E-state index contributed by atoms with van der Waals surface area (Å²) in [7, 11) is 0. The van der Waals surface area contributed by atoms with Crippen molar-refractivity contribution < 1.29 is 19.4 Å². The highest BCUT2D eigenvalue weighted by Gasteiger charge is 2.17. The highest BCUT2D eigenvalue weighted by atomic mass is 16.5. The first-order chi connectivity index (χ1) is 9.99. The Hall–Kier alpha value is -2.62. The van der Waals surface area contributed by atoms with E-state index in [2.05, 4.69) is 0 Å². The third kappa shape index (κ3) is 3.48. The molecule has 2 aromatic rings. The maximum atomic E-state index is 11.5. The second-order valence-electron chi connectivity index (χ2n) is 4.80. The van der Waals surface area contributed by atoms with Crippen molar-refractivity contribution in [2.24, 2.45) is 0 Å². The molecule has 0 radical (unpaired) electrons. The Morgan fingerprint density at radius 1 is 1.10 bits per heavy atom. The van der Waals surface area contributed by atoms with Gasteiger partial charge in [-0.15, -0.1) is 0 Å². The minimum Gasteiger partial charge on any atom is -0.489 e. The Bertz CT molecular complexity index is 675. The summed E-state index contributed by atoms with van der Waals surface area (Å²) in [4.78, 5) is 22.8. The van der Waals surface area contributed by atoms with E-state index in [0.29, 0.717) is 12.4 Å². The Morgan fingerprint density at radius 3 is 2.33 bits per heavy atom. The van der Waals surface area contributed by atoms with Gasteiger partial charge in [0.2, 0.25) is 0 Å². The van der Waals surface area contributed by atoms with Crippen molar-refractivity contribution in [3.8, 4) is 5.75 Å². The van der Waals surface area contributed by atoms with Crippen molar-refractivity contribution >= 4 is 11.8 Å². The molecule has 0 spiro atoms. The summed E-state index contributed by atoms with van der Waals surface area (Å²) in [6.45, 7) is 3.49. The Kier molecular flexibility index (Phi) is 4.38. The van der Waals surface area contributed by atoms with E-state index in [9.17, 15) is 14.7 Å². The van der Waals surface area contributed by atoms with E-state index in [1.54, 1.807) is 13.0 Å². The molecular weight excluding hydrogens is 268 g/mol. The molecule has 4 nitrogen and oxygen atoms in total. The van der Waals surface area contributed by atoms with Crippen LogP contribution in [0.4, 0.5) is 0 Å². The number of carboxylic acids is 1. The molecule has 21 heavy (non-hydrogen) atoms. The zero-order valence-corrected chi connectivity index (χ0v) is 11.9. The number of hydrogen-bond donors (Lipinski definition) is 1. The summed E-state index contributed by atoms with van der Waals surface area (Å²) in [6.07, 6.45) is 0. The van der Waals surface area contributed by atoms with Crippen LogP contribution in [0.3, 0.4) is 0 Å². The third-order valence-corrected chi connectivity index (χ3v) is 3.16. The molecule has 4 heteroatoms. The maximum Gasteiger partial charge on any atom is 0.336 e. The summed E-state index contributed by atoms with van der Waals surface area (Å²) < 4.78 is 5.67. The van der Waals surface area contributed by atoms with Gasteiger partial charge in [0.15, 0.2) is 5.78 Å². The highest BCUT2D eigenvalue weighted by molar-refractivity contribution is 6.05. The van der Waals surface area contributed by atoms with Gasteiger partial charge in [-0.1, -0.05) is 30.3 Å². The number of carbonyl (C=O) groups excluding carboxylic acids is 1. The molecule has 1 N–H and O–H groups in total. The van der Waals surface area contributed by atoms with Gasteiger partial charge in [-0.25, -0.2) is 4.79 Å². The Morgan fingerprint density at radius 2 is 1.76 bits per heavy atom. The zero-order chi connectivity index (χ0) is 15.4. The van der Waals surface area contributed by atoms with E-state index in [-0.39, 0.29) is 16.9 Å². The zero-order valence-electron chi connectivity index (χ0n) is 11.9. The molecule has 0 atom stereocenters. The van der Waals surface area contributed by atoms with Crippen molar-refractivity contribution in [3.63, 3.8) is 0 Å². The minimum absolute atomic E-state index is 0.0313. The highest BCUT2D eigenvalue weighted by Crippen LogP contribution is 2.25. The van der Waals surface area contributed by atoms with Crippen LogP contribution in [-0.4, -0.2) is 16.9 Å². The summed E-state index contributed by atoms with van der Waals surface area (Å²) in [5.41, 5.74) is 1.90. The summed E-state index contributed by atoms with van der Waals surface area (Å²) in [6, 6.07) is 12.6. The van der Waals surface area contributed by atoms with Crippen LogP contribution in [0.2, 0.25) is 0 Å².